The Labute approximate surface area is 182 Å². The minimum Gasteiger partial charge on any atom is -0.550 e. The van der Waals surface area contributed by atoms with Gasteiger partial charge in [-0.2, -0.15) is 0 Å². The van der Waals surface area contributed by atoms with Gasteiger partial charge in [-0.05, 0) is 38.5 Å². The molecule has 22 heavy (non-hydrogen) atoms. The third-order valence-electron chi connectivity index (χ3n) is 3.64. The van der Waals surface area contributed by atoms with Crippen LogP contribution in [0.2, 0.25) is 0 Å². The number of hydrogen-bond donors (Lipinski definition) is 0. The first-order valence-corrected chi connectivity index (χ1v) is 8.62. The summed E-state index contributed by atoms with van der Waals surface area (Å²) in [7, 11) is 0. The van der Waals surface area contributed by atoms with Crippen LogP contribution in [0.15, 0.2) is 12.2 Å². The Hall–Kier alpha value is 1.21. The van der Waals surface area contributed by atoms with Crippen LogP contribution in [0.4, 0.5) is 0 Å². The van der Waals surface area contributed by atoms with Crippen LogP contribution in [0.3, 0.4) is 0 Å². The van der Waals surface area contributed by atoms with E-state index in [1.54, 1.807) is 0 Å². The Kier molecular flexibility index (Phi) is 31.2. The van der Waals surface area contributed by atoms with E-state index in [1.807, 2.05) is 0 Å². The van der Waals surface area contributed by atoms with E-state index in [1.165, 1.54) is 64.2 Å². The monoisotopic (exact) mass is 327 g/mol. The molecule has 0 rings (SSSR count). The van der Waals surface area contributed by atoms with E-state index < -0.39 is 5.97 Å². The van der Waals surface area contributed by atoms with Crippen molar-refractivity contribution < 1.29 is 69.0 Å². The average Bonchev–Trinajstić information content (AvgIpc) is 2.43. The number of aliphatic carboxylic acids is 1. The minimum absolute atomic E-state index is 0. The molecule has 0 aromatic heterocycles. The van der Waals surface area contributed by atoms with Gasteiger partial charge in [0.2, 0.25) is 0 Å². The van der Waals surface area contributed by atoms with Crippen molar-refractivity contribution in [2.75, 3.05) is 0 Å². The quantitative estimate of drug-likeness (QED) is 0.215. The van der Waals surface area contributed by atoms with Gasteiger partial charge in [0.15, 0.2) is 0 Å². The van der Waals surface area contributed by atoms with Crippen molar-refractivity contribution in [2.45, 2.75) is 96.8 Å². The summed E-state index contributed by atoms with van der Waals surface area (Å²) < 4.78 is 0. The Bertz CT molecular complexity index is 243. The largest absolute Gasteiger partial charge is 1.00 e. The van der Waals surface area contributed by atoms with E-state index in [2.05, 4.69) is 19.1 Å². The zero-order chi connectivity index (χ0) is 14.9. The fourth-order valence-electron chi connectivity index (χ4n) is 2.34. The van der Waals surface area contributed by atoms with Crippen LogP contribution in [-0.4, -0.2) is 5.97 Å². The smallest absolute Gasteiger partial charge is 0.550 e. The molecule has 0 spiro atoms. The second-order valence-electron chi connectivity index (χ2n) is 5.71. The standard InChI is InChI=1S/C18H34O2.2Na/c1-2-3-4-5-6-7-8-9-10-11-12-13-14-15-16-17-18(19)20;;/h9-10H,2-8,11-17H2,1H3,(H,19,20);;/q;2*+1/p-1/b10-9-;;. The van der Waals surface area contributed by atoms with Crippen molar-refractivity contribution >= 4 is 5.97 Å². The van der Waals surface area contributed by atoms with Gasteiger partial charge < -0.3 is 9.90 Å². The van der Waals surface area contributed by atoms with Crippen LogP contribution in [0, 0.1) is 0 Å². The van der Waals surface area contributed by atoms with Gasteiger partial charge in [0.25, 0.3) is 0 Å². The molecule has 0 radical (unpaired) electrons. The number of carbonyl (C=O) groups is 1. The molecular formula is C18H33Na2O2+. The molecule has 0 saturated carbocycles. The molecule has 0 atom stereocenters. The van der Waals surface area contributed by atoms with E-state index in [0.29, 0.717) is 0 Å². The van der Waals surface area contributed by atoms with E-state index in [4.69, 9.17) is 0 Å². The number of allylic oxidation sites excluding steroid dienone is 2. The second kappa shape index (κ2) is 24.5. The molecule has 0 saturated heterocycles. The summed E-state index contributed by atoms with van der Waals surface area (Å²) in [4.78, 5) is 10.2. The molecule has 0 aromatic carbocycles. The maximum Gasteiger partial charge on any atom is 1.00 e. The van der Waals surface area contributed by atoms with Gasteiger partial charge in [0.05, 0.1) is 0 Å². The molecule has 0 N–H and O–H groups in total. The number of carboxylic acids is 1. The molecule has 2 nitrogen and oxygen atoms in total. The van der Waals surface area contributed by atoms with Crippen molar-refractivity contribution in [3.8, 4) is 0 Å². The average molecular weight is 327 g/mol. The first kappa shape index (κ1) is 28.0. The van der Waals surface area contributed by atoms with Gasteiger partial charge in [0.1, 0.15) is 0 Å². The number of carbonyl (C=O) groups excluding carboxylic acids is 1. The van der Waals surface area contributed by atoms with Gasteiger partial charge in [-0.25, -0.2) is 0 Å². The van der Waals surface area contributed by atoms with Crippen molar-refractivity contribution in [2.24, 2.45) is 0 Å². The van der Waals surface area contributed by atoms with Crippen molar-refractivity contribution in [1.82, 2.24) is 0 Å². The molecule has 0 aliphatic rings. The summed E-state index contributed by atoms with van der Waals surface area (Å²) in [6, 6.07) is 0. The van der Waals surface area contributed by atoms with Crippen molar-refractivity contribution in [3.05, 3.63) is 12.2 Å². The predicted molar refractivity (Wildman–Crippen MR) is 84.5 cm³/mol. The van der Waals surface area contributed by atoms with Crippen molar-refractivity contribution in [1.29, 1.82) is 0 Å². The molecule has 0 aliphatic carbocycles. The summed E-state index contributed by atoms with van der Waals surface area (Å²) in [6.45, 7) is 2.26. The van der Waals surface area contributed by atoms with Gasteiger partial charge in [-0.3, -0.25) is 0 Å². The molecule has 0 fully saturated rings. The normalized spacial score (nSPS) is 10.2. The Morgan fingerprint density at radius 3 is 1.59 bits per heavy atom. The number of rotatable bonds is 15. The summed E-state index contributed by atoms with van der Waals surface area (Å²) in [5, 5.41) is 10.2. The van der Waals surface area contributed by atoms with E-state index in [-0.39, 0.29) is 65.5 Å². The topological polar surface area (TPSA) is 40.1 Å². The van der Waals surface area contributed by atoms with Crippen LogP contribution >= 0.6 is 0 Å². The van der Waals surface area contributed by atoms with E-state index in [0.717, 1.165) is 19.3 Å². The second-order valence-corrected chi connectivity index (χ2v) is 5.71. The van der Waals surface area contributed by atoms with Crippen LogP contribution in [0.1, 0.15) is 96.8 Å². The van der Waals surface area contributed by atoms with Crippen LogP contribution in [0.5, 0.6) is 0 Å². The zero-order valence-electron chi connectivity index (χ0n) is 15.4. The molecule has 0 bridgehead atoms. The summed E-state index contributed by atoms with van der Waals surface area (Å²) in [5.74, 6) is -0.914. The molecule has 0 amide bonds. The molecule has 0 unspecified atom stereocenters. The summed E-state index contributed by atoms with van der Waals surface area (Å²) in [6.07, 6.45) is 20.9. The Balaban J connectivity index is -0.00000180. The van der Waals surface area contributed by atoms with Crippen molar-refractivity contribution in [3.63, 3.8) is 0 Å². The van der Waals surface area contributed by atoms with E-state index in [9.17, 15) is 9.90 Å². The minimum atomic E-state index is -0.914. The Morgan fingerprint density at radius 2 is 1.14 bits per heavy atom. The maximum absolute atomic E-state index is 10.2. The summed E-state index contributed by atoms with van der Waals surface area (Å²) in [5.41, 5.74) is 0. The maximum atomic E-state index is 10.2. The van der Waals surface area contributed by atoms with Gasteiger partial charge in [0, 0.05) is 5.97 Å². The van der Waals surface area contributed by atoms with Gasteiger partial charge >= 0.3 is 59.1 Å². The number of hydrogen-bond acceptors (Lipinski definition) is 2. The fraction of sp³-hybridized carbons (Fsp3) is 0.833. The Morgan fingerprint density at radius 1 is 0.727 bits per heavy atom. The van der Waals surface area contributed by atoms with E-state index >= 15 is 0 Å². The van der Waals surface area contributed by atoms with Crippen LogP contribution in [-0.2, 0) is 4.79 Å². The molecule has 0 aromatic rings. The third kappa shape index (κ3) is 26.1. The predicted octanol–water partition coefficient (Wildman–Crippen LogP) is -1.22. The fourth-order valence-corrected chi connectivity index (χ4v) is 2.34. The molecular weight excluding hydrogens is 294 g/mol. The number of unbranched alkanes of at least 4 members (excludes halogenated alkanes) is 11. The molecule has 118 valence electrons. The summed E-state index contributed by atoms with van der Waals surface area (Å²) >= 11 is 0. The molecule has 0 heterocycles. The van der Waals surface area contributed by atoms with Crippen LogP contribution in [0.25, 0.3) is 0 Å². The van der Waals surface area contributed by atoms with Gasteiger partial charge in [-0.15, -0.1) is 0 Å². The first-order valence-electron chi connectivity index (χ1n) is 8.62. The van der Waals surface area contributed by atoms with Gasteiger partial charge in [-0.1, -0.05) is 70.4 Å². The number of carboxylic acid groups (broad SMARTS) is 1. The first-order chi connectivity index (χ1) is 9.77. The third-order valence-corrected chi connectivity index (χ3v) is 3.64. The SMILES string of the molecule is CCCCCCCC/C=C\CCCCCCCC(=O)[O-].[Na+].[Na+]. The zero-order valence-corrected chi connectivity index (χ0v) is 19.4. The van der Waals surface area contributed by atoms with Crippen LogP contribution < -0.4 is 64.2 Å². The molecule has 0 aliphatic heterocycles. The molecule has 4 heteroatoms.